The van der Waals surface area contributed by atoms with Crippen molar-refractivity contribution in [3.63, 3.8) is 0 Å². The zero-order valence-electron chi connectivity index (χ0n) is 24.1. The van der Waals surface area contributed by atoms with Crippen LogP contribution in [0.5, 0.6) is 0 Å². The molecule has 5 rings (SSSR count). The number of halogens is 2. The maximum atomic E-state index is 14.3. The van der Waals surface area contributed by atoms with Gasteiger partial charge in [-0.25, -0.2) is 9.59 Å². The molecule has 3 heterocycles. The monoisotopic (exact) mass is 615 g/mol. The van der Waals surface area contributed by atoms with Crippen LogP contribution in [0.25, 0.3) is 0 Å². The van der Waals surface area contributed by atoms with E-state index in [1.165, 1.54) is 4.90 Å². The highest BCUT2D eigenvalue weighted by Crippen LogP contribution is 2.34. The average molecular weight is 617 g/mol. The van der Waals surface area contributed by atoms with E-state index in [0.717, 1.165) is 29.7 Å². The van der Waals surface area contributed by atoms with E-state index >= 15 is 0 Å². The minimum absolute atomic E-state index is 0.0621. The molecular weight excluding hydrogens is 577 g/mol. The average Bonchev–Trinajstić information content (AvgIpc) is 3.12. The number of urea groups is 1. The van der Waals surface area contributed by atoms with Gasteiger partial charge in [0.25, 0.3) is 0 Å². The Morgan fingerprint density at radius 3 is 2.38 bits per heavy atom. The molecule has 42 heavy (non-hydrogen) atoms. The van der Waals surface area contributed by atoms with Crippen LogP contribution in [-0.2, 0) is 17.6 Å². The molecule has 0 radical (unpaired) electrons. The summed E-state index contributed by atoms with van der Waals surface area (Å²) in [6.45, 7) is 1.99. The lowest BCUT2D eigenvalue weighted by atomic mass is 9.82. The topological polar surface area (TPSA) is 96.4 Å². The van der Waals surface area contributed by atoms with Gasteiger partial charge in [0, 0.05) is 60.0 Å². The number of fused-ring (bicyclic) bond motifs is 1. The predicted molar refractivity (Wildman–Crippen MR) is 164 cm³/mol. The number of anilines is 1. The van der Waals surface area contributed by atoms with E-state index < -0.39 is 18.1 Å². The number of para-hydroxylation sites is 1. The first-order valence-electron chi connectivity index (χ1n) is 14.7. The van der Waals surface area contributed by atoms with Crippen LogP contribution in [0.1, 0.15) is 36.8 Å². The number of nitrogens with zero attached hydrogens (tertiary/aromatic N) is 4. The van der Waals surface area contributed by atoms with E-state index in [4.69, 9.17) is 23.2 Å². The highest BCUT2D eigenvalue weighted by molar-refractivity contribution is 6.34. The number of hydrogen-bond acceptors (Lipinski definition) is 4. The van der Waals surface area contributed by atoms with Gasteiger partial charge in [0.2, 0.25) is 5.91 Å². The minimum Gasteiger partial charge on any atom is -0.465 e. The first-order chi connectivity index (χ1) is 20.1. The molecule has 2 aromatic rings. The first-order valence-corrected chi connectivity index (χ1v) is 15.4. The number of carbonyl (C=O) groups is 3. The second-order valence-electron chi connectivity index (χ2n) is 11.9. The number of carboxylic acid groups (broad SMARTS) is 1. The standard InChI is InChI=1S/C31H39Cl2N5O4/c1-35(2)24-8-11-36(12-9-24)29(39)26(17-20-15-22(32)18-23(33)16-20)28-19-25(10-14-38(28)31(41)42)37-13-7-21-5-3-4-6-27(21)34-30(37)40/h3-6,15-16,18,24-26,28H,7-14,17,19H2,1-2H3,(H,34,40)(H,41,42)/t25?,26?,28-/m1/s1. The molecular formula is C31H39Cl2N5O4. The summed E-state index contributed by atoms with van der Waals surface area (Å²) in [7, 11) is 4.11. The molecule has 11 heteroatoms. The van der Waals surface area contributed by atoms with Gasteiger partial charge < -0.3 is 30.0 Å². The highest BCUT2D eigenvalue weighted by Gasteiger charge is 2.44. The predicted octanol–water partition coefficient (Wildman–Crippen LogP) is 5.31. The van der Waals surface area contributed by atoms with Gasteiger partial charge in [0.15, 0.2) is 0 Å². The zero-order chi connectivity index (χ0) is 30.0. The molecule has 2 fully saturated rings. The van der Waals surface area contributed by atoms with Crippen molar-refractivity contribution in [1.29, 1.82) is 0 Å². The van der Waals surface area contributed by atoms with Gasteiger partial charge in [-0.15, -0.1) is 0 Å². The van der Waals surface area contributed by atoms with E-state index in [0.29, 0.717) is 61.4 Å². The summed E-state index contributed by atoms with van der Waals surface area (Å²) >= 11 is 12.7. The summed E-state index contributed by atoms with van der Waals surface area (Å²) in [5.74, 6) is -0.713. The van der Waals surface area contributed by atoms with Crippen LogP contribution in [0.2, 0.25) is 10.0 Å². The fourth-order valence-electron chi connectivity index (χ4n) is 6.83. The second-order valence-corrected chi connectivity index (χ2v) is 12.7. The lowest BCUT2D eigenvalue weighted by Crippen LogP contribution is -2.59. The Balaban J connectivity index is 1.43. The number of amides is 4. The number of piperidine rings is 2. The van der Waals surface area contributed by atoms with Gasteiger partial charge in [0.05, 0.1) is 5.92 Å². The molecule has 4 amide bonds. The van der Waals surface area contributed by atoms with Gasteiger partial charge in [-0.05, 0) is 88.0 Å². The minimum atomic E-state index is -1.06. The molecule has 2 N–H and O–H groups in total. The summed E-state index contributed by atoms with van der Waals surface area (Å²) < 4.78 is 0. The van der Waals surface area contributed by atoms with Crippen molar-refractivity contribution in [3.8, 4) is 0 Å². The van der Waals surface area contributed by atoms with Crippen molar-refractivity contribution in [3.05, 3.63) is 63.6 Å². The maximum absolute atomic E-state index is 14.3. The van der Waals surface area contributed by atoms with Crippen molar-refractivity contribution in [2.24, 2.45) is 5.92 Å². The highest BCUT2D eigenvalue weighted by atomic mass is 35.5. The lowest BCUT2D eigenvalue weighted by molar-refractivity contribution is -0.140. The molecule has 3 atom stereocenters. The van der Waals surface area contributed by atoms with Crippen molar-refractivity contribution >= 4 is 46.9 Å². The number of rotatable bonds is 6. The van der Waals surface area contributed by atoms with Gasteiger partial charge in [-0.2, -0.15) is 0 Å². The first kappa shape index (κ1) is 30.4. The summed E-state index contributed by atoms with van der Waals surface area (Å²) in [5, 5.41) is 14.2. The van der Waals surface area contributed by atoms with Gasteiger partial charge in [0.1, 0.15) is 0 Å². The maximum Gasteiger partial charge on any atom is 0.407 e. The zero-order valence-corrected chi connectivity index (χ0v) is 25.7. The molecule has 0 aromatic heterocycles. The van der Waals surface area contributed by atoms with Crippen LogP contribution in [0.4, 0.5) is 15.3 Å². The smallest absolute Gasteiger partial charge is 0.407 e. The van der Waals surface area contributed by atoms with Gasteiger partial charge in [-0.1, -0.05) is 41.4 Å². The van der Waals surface area contributed by atoms with Gasteiger partial charge in [-0.3, -0.25) is 4.79 Å². The lowest BCUT2D eigenvalue weighted by Gasteiger charge is -2.46. The third-order valence-electron chi connectivity index (χ3n) is 9.11. The van der Waals surface area contributed by atoms with E-state index in [1.54, 1.807) is 18.2 Å². The second kappa shape index (κ2) is 13.1. The van der Waals surface area contributed by atoms with Crippen molar-refractivity contribution in [1.82, 2.24) is 19.6 Å². The summed E-state index contributed by atoms with van der Waals surface area (Å²) in [6, 6.07) is 12.4. The third-order valence-corrected chi connectivity index (χ3v) is 9.55. The molecule has 9 nitrogen and oxygen atoms in total. The van der Waals surface area contributed by atoms with E-state index in [2.05, 4.69) is 24.3 Å². The Bertz CT molecular complexity index is 1300. The van der Waals surface area contributed by atoms with Crippen molar-refractivity contribution in [2.45, 2.75) is 56.7 Å². The molecule has 0 bridgehead atoms. The Labute approximate surface area is 257 Å². The van der Waals surface area contributed by atoms with Crippen molar-refractivity contribution < 1.29 is 19.5 Å². The molecule has 226 valence electrons. The summed E-state index contributed by atoms with van der Waals surface area (Å²) in [5.41, 5.74) is 2.65. The van der Waals surface area contributed by atoms with Crippen LogP contribution in [0, 0.1) is 5.92 Å². The molecule has 2 aromatic carbocycles. The van der Waals surface area contributed by atoms with E-state index in [9.17, 15) is 19.5 Å². The Morgan fingerprint density at radius 2 is 1.71 bits per heavy atom. The number of nitrogens with one attached hydrogen (secondary N) is 1. The number of hydrogen-bond donors (Lipinski definition) is 2. The van der Waals surface area contributed by atoms with Crippen LogP contribution < -0.4 is 5.32 Å². The fourth-order valence-corrected chi connectivity index (χ4v) is 7.40. The van der Waals surface area contributed by atoms with E-state index in [-0.39, 0.29) is 24.5 Å². The molecule has 0 spiro atoms. The van der Waals surface area contributed by atoms with Crippen LogP contribution in [0.15, 0.2) is 42.5 Å². The normalized spacial score (nSPS) is 22.4. The molecule has 2 unspecified atom stereocenters. The molecule has 0 aliphatic carbocycles. The number of benzene rings is 2. The fraction of sp³-hybridized carbons (Fsp3) is 0.516. The number of likely N-dealkylation sites (tertiary alicyclic amines) is 2. The SMILES string of the molecule is CN(C)C1CCN(C(=O)C(Cc2cc(Cl)cc(Cl)c2)[C@H]2CC(N3CCc4ccccc4NC3=O)CCN2C(=O)O)CC1. The number of carbonyl (C=O) groups excluding carboxylic acids is 2. The Morgan fingerprint density at radius 1 is 1.02 bits per heavy atom. The molecule has 0 saturated carbocycles. The molecule has 2 saturated heterocycles. The summed E-state index contributed by atoms with van der Waals surface area (Å²) in [4.78, 5) is 47.5. The van der Waals surface area contributed by atoms with Crippen LogP contribution in [0.3, 0.4) is 0 Å². The Kier molecular flexibility index (Phi) is 9.50. The quantitative estimate of drug-likeness (QED) is 0.459. The largest absolute Gasteiger partial charge is 0.465 e. The molecule has 3 aliphatic heterocycles. The Hall–Kier alpha value is -3.01. The van der Waals surface area contributed by atoms with Crippen molar-refractivity contribution in [2.75, 3.05) is 45.6 Å². The van der Waals surface area contributed by atoms with Crippen LogP contribution >= 0.6 is 23.2 Å². The molecule has 3 aliphatic rings. The van der Waals surface area contributed by atoms with Gasteiger partial charge >= 0.3 is 12.1 Å². The van der Waals surface area contributed by atoms with E-state index in [1.807, 2.05) is 34.1 Å². The summed E-state index contributed by atoms with van der Waals surface area (Å²) in [6.07, 6.45) is 2.53. The third kappa shape index (κ3) is 6.79. The van der Waals surface area contributed by atoms with Crippen LogP contribution in [-0.4, -0.2) is 101 Å².